The van der Waals surface area contributed by atoms with E-state index in [1.54, 1.807) is 6.92 Å². The number of carbonyl (C=O) groups is 1. The third-order valence-electron chi connectivity index (χ3n) is 3.38. The van der Waals surface area contributed by atoms with Crippen molar-refractivity contribution in [1.29, 1.82) is 0 Å². The Morgan fingerprint density at radius 1 is 1.45 bits per heavy atom. The number of H-pyrrole nitrogens is 1. The summed E-state index contributed by atoms with van der Waals surface area (Å²) in [6.45, 7) is 4.63. The first-order valence-electron chi connectivity index (χ1n) is 7.35. The molecule has 0 aliphatic carbocycles. The van der Waals surface area contributed by atoms with Crippen LogP contribution in [-0.4, -0.2) is 41.3 Å². The smallest absolute Gasteiger partial charge is 0.330 e. The average Bonchev–Trinajstić information content (AvgIpc) is 2.49. The van der Waals surface area contributed by atoms with Crippen molar-refractivity contribution in [2.24, 2.45) is 0 Å². The van der Waals surface area contributed by atoms with Crippen LogP contribution in [0.3, 0.4) is 0 Å². The van der Waals surface area contributed by atoms with Crippen LogP contribution in [0.25, 0.3) is 0 Å². The van der Waals surface area contributed by atoms with Gasteiger partial charge in [0.1, 0.15) is 12.7 Å². The third kappa shape index (κ3) is 4.05. The summed E-state index contributed by atoms with van der Waals surface area (Å²) in [7, 11) is 0. The van der Waals surface area contributed by atoms with E-state index in [2.05, 4.69) is 10.3 Å². The van der Waals surface area contributed by atoms with Gasteiger partial charge in [-0.15, -0.1) is 0 Å². The first kappa shape index (κ1) is 16.4. The molecule has 0 unspecified atom stereocenters. The molecule has 0 amide bonds. The van der Waals surface area contributed by atoms with E-state index in [4.69, 9.17) is 9.47 Å². The summed E-state index contributed by atoms with van der Waals surface area (Å²) >= 11 is 0. The number of rotatable bonds is 5. The van der Waals surface area contributed by atoms with Gasteiger partial charge in [0, 0.05) is 31.3 Å². The van der Waals surface area contributed by atoms with Crippen molar-refractivity contribution in [2.45, 2.75) is 39.0 Å². The van der Waals surface area contributed by atoms with E-state index in [0.717, 1.165) is 6.42 Å². The SMILES string of the molecule is CCCC(=O)OC[C@@H]1CNC[C@H](n2cc(C)c(=O)[nH]c2=O)O1. The Morgan fingerprint density at radius 3 is 2.95 bits per heavy atom. The number of esters is 1. The van der Waals surface area contributed by atoms with E-state index >= 15 is 0 Å². The van der Waals surface area contributed by atoms with Gasteiger partial charge in [-0.3, -0.25) is 19.1 Å². The Hall–Kier alpha value is -1.93. The molecule has 22 heavy (non-hydrogen) atoms. The third-order valence-corrected chi connectivity index (χ3v) is 3.38. The zero-order valence-corrected chi connectivity index (χ0v) is 12.8. The Kier molecular flexibility index (Phi) is 5.51. The predicted octanol–water partition coefficient (Wildman–Crippen LogP) is -0.325. The molecule has 1 aliphatic rings. The van der Waals surface area contributed by atoms with Gasteiger partial charge >= 0.3 is 11.7 Å². The van der Waals surface area contributed by atoms with E-state index < -0.39 is 17.5 Å². The number of hydrogen-bond donors (Lipinski definition) is 2. The van der Waals surface area contributed by atoms with Crippen molar-refractivity contribution in [3.63, 3.8) is 0 Å². The fourth-order valence-corrected chi connectivity index (χ4v) is 2.21. The quantitative estimate of drug-likeness (QED) is 0.722. The van der Waals surface area contributed by atoms with Crippen molar-refractivity contribution in [1.82, 2.24) is 14.9 Å². The van der Waals surface area contributed by atoms with Crippen LogP contribution < -0.4 is 16.6 Å². The number of morpholine rings is 1. The molecule has 1 aromatic rings. The highest BCUT2D eigenvalue weighted by molar-refractivity contribution is 5.69. The second-order valence-electron chi connectivity index (χ2n) is 5.28. The minimum Gasteiger partial charge on any atom is -0.463 e. The molecule has 2 atom stereocenters. The van der Waals surface area contributed by atoms with Crippen molar-refractivity contribution < 1.29 is 14.3 Å². The molecule has 0 spiro atoms. The minimum atomic E-state index is -0.549. The molecule has 1 aromatic heterocycles. The van der Waals surface area contributed by atoms with Crippen LogP contribution in [0.15, 0.2) is 15.8 Å². The molecular weight excluding hydrogens is 290 g/mol. The zero-order valence-electron chi connectivity index (χ0n) is 12.8. The molecular formula is C14H21N3O5. The summed E-state index contributed by atoms with van der Waals surface area (Å²) in [5.74, 6) is -0.259. The van der Waals surface area contributed by atoms with Crippen LogP contribution in [0.1, 0.15) is 31.6 Å². The van der Waals surface area contributed by atoms with Crippen LogP contribution >= 0.6 is 0 Å². The highest BCUT2D eigenvalue weighted by Gasteiger charge is 2.25. The van der Waals surface area contributed by atoms with Crippen LogP contribution in [-0.2, 0) is 14.3 Å². The number of nitrogens with zero attached hydrogens (tertiary/aromatic N) is 1. The van der Waals surface area contributed by atoms with Gasteiger partial charge in [0.05, 0.1) is 0 Å². The molecule has 0 radical (unpaired) electrons. The summed E-state index contributed by atoms with van der Waals surface area (Å²) in [6, 6.07) is 0. The van der Waals surface area contributed by atoms with Crippen molar-refractivity contribution in [3.8, 4) is 0 Å². The van der Waals surface area contributed by atoms with Crippen molar-refractivity contribution >= 4 is 5.97 Å². The number of aromatic amines is 1. The highest BCUT2D eigenvalue weighted by atomic mass is 16.6. The standard InChI is InChI=1S/C14H21N3O5/c1-3-4-12(18)21-8-10-5-15-6-11(22-10)17-7-9(2)13(19)16-14(17)20/h7,10-11,15H,3-6,8H2,1-2H3,(H,16,19,20)/t10-,11+/m0/s1. The van der Waals surface area contributed by atoms with Gasteiger partial charge in [0.15, 0.2) is 6.23 Å². The summed E-state index contributed by atoms with van der Waals surface area (Å²) in [5, 5.41) is 3.13. The monoisotopic (exact) mass is 311 g/mol. The lowest BCUT2D eigenvalue weighted by Crippen LogP contribution is -2.48. The second-order valence-corrected chi connectivity index (χ2v) is 5.28. The highest BCUT2D eigenvalue weighted by Crippen LogP contribution is 2.13. The first-order chi connectivity index (χ1) is 10.5. The molecule has 2 N–H and O–H groups in total. The van der Waals surface area contributed by atoms with E-state index in [0.29, 0.717) is 25.1 Å². The fraction of sp³-hybridized carbons (Fsp3) is 0.643. The predicted molar refractivity (Wildman–Crippen MR) is 78.7 cm³/mol. The maximum atomic E-state index is 11.9. The normalized spacial score (nSPS) is 21.5. The van der Waals surface area contributed by atoms with Crippen molar-refractivity contribution in [3.05, 3.63) is 32.6 Å². The fourth-order valence-electron chi connectivity index (χ4n) is 2.21. The number of ether oxygens (including phenoxy) is 2. The molecule has 1 saturated heterocycles. The minimum absolute atomic E-state index is 0.138. The maximum Gasteiger partial charge on any atom is 0.330 e. The summed E-state index contributed by atoms with van der Waals surface area (Å²) in [6.07, 6.45) is 1.70. The van der Waals surface area contributed by atoms with Gasteiger partial charge in [-0.25, -0.2) is 4.79 Å². The van der Waals surface area contributed by atoms with Gasteiger partial charge < -0.3 is 14.8 Å². The number of nitrogens with one attached hydrogen (secondary N) is 2. The summed E-state index contributed by atoms with van der Waals surface area (Å²) in [4.78, 5) is 36.9. The Morgan fingerprint density at radius 2 is 2.23 bits per heavy atom. The number of aromatic nitrogens is 2. The van der Waals surface area contributed by atoms with Crippen LogP contribution in [0.2, 0.25) is 0 Å². The van der Waals surface area contributed by atoms with Gasteiger partial charge in [-0.1, -0.05) is 6.92 Å². The Bertz CT molecular complexity index is 636. The molecule has 8 nitrogen and oxygen atoms in total. The molecule has 122 valence electrons. The molecule has 0 aromatic carbocycles. The van der Waals surface area contributed by atoms with E-state index in [-0.39, 0.29) is 18.7 Å². The lowest BCUT2D eigenvalue weighted by atomic mass is 10.3. The van der Waals surface area contributed by atoms with Gasteiger partial charge in [0.25, 0.3) is 5.56 Å². The second kappa shape index (κ2) is 7.37. The largest absolute Gasteiger partial charge is 0.463 e. The van der Waals surface area contributed by atoms with E-state index in [1.807, 2.05) is 6.92 Å². The summed E-state index contributed by atoms with van der Waals surface area (Å²) in [5.41, 5.74) is -0.499. The molecule has 0 saturated carbocycles. The number of carbonyl (C=O) groups excluding carboxylic acids is 1. The van der Waals surface area contributed by atoms with E-state index in [1.165, 1.54) is 10.8 Å². The van der Waals surface area contributed by atoms with Crippen LogP contribution in [0.4, 0.5) is 0 Å². The molecule has 2 rings (SSSR count). The van der Waals surface area contributed by atoms with Crippen LogP contribution in [0, 0.1) is 6.92 Å². The molecule has 2 heterocycles. The Labute approximate surface area is 127 Å². The molecule has 1 aliphatic heterocycles. The molecule has 8 heteroatoms. The lowest BCUT2D eigenvalue weighted by Gasteiger charge is -2.31. The van der Waals surface area contributed by atoms with Gasteiger partial charge in [-0.05, 0) is 13.3 Å². The van der Waals surface area contributed by atoms with E-state index in [9.17, 15) is 14.4 Å². The Balaban J connectivity index is 2.02. The van der Waals surface area contributed by atoms with Gasteiger partial charge in [-0.2, -0.15) is 0 Å². The molecule has 1 fully saturated rings. The summed E-state index contributed by atoms with van der Waals surface area (Å²) < 4.78 is 12.2. The first-order valence-corrected chi connectivity index (χ1v) is 7.35. The van der Waals surface area contributed by atoms with Crippen LogP contribution in [0.5, 0.6) is 0 Å². The topological polar surface area (TPSA) is 102 Å². The number of aryl methyl sites for hydroxylation is 1. The zero-order chi connectivity index (χ0) is 16.1. The van der Waals surface area contributed by atoms with Crippen molar-refractivity contribution in [2.75, 3.05) is 19.7 Å². The molecule has 0 bridgehead atoms. The number of hydrogen-bond acceptors (Lipinski definition) is 6. The maximum absolute atomic E-state index is 11.9. The lowest BCUT2D eigenvalue weighted by molar-refractivity contribution is -0.154. The average molecular weight is 311 g/mol. The van der Waals surface area contributed by atoms with Gasteiger partial charge in [0.2, 0.25) is 0 Å².